The standard InChI is InChI=1S/C21H28N8O/c1-13-9-27(17-11-30-12-17)2-3-28(13)19-6-18(15-7-23-20(22)24-8-15)25-21(26-19)29-10-14-4-16(29)5-14/h6-8,13-14,16-17H,2-5,9-12H2,1H3,(H2,22,23,24)/t13-,14?,16?/m0/s1. The van der Waals surface area contributed by atoms with Gasteiger partial charge in [0.25, 0.3) is 0 Å². The summed E-state index contributed by atoms with van der Waals surface area (Å²) >= 11 is 0. The van der Waals surface area contributed by atoms with Gasteiger partial charge in [0.1, 0.15) is 5.82 Å². The lowest BCUT2D eigenvalue weighted by atomic mass is 9.86. The van der Waals surface area contributed by atoms with Gasteiger partial charge in [-0.15, -0.1) is 0 Å². The van der Waals surface area contributed by atoms with Crippen LogP contribution in [0.2, 0.25) is 0 Å². The van der Waals surface area contributed by atoms with Crippen molar-refractivity contribution in [3.8, 4) is 11.3 Å². The number of ether oxygens (including phenoxy) is 1. The molecule has 6 heterocycles. The maximum absolute atomic E-state index is 5.69. The van der Waals surface area contributed by atoms with E-state index in [4.69, 9.17) is 20.4 Å². The van der Waals surface area contributed by atoms with E-state index in [2.05, 4.69) is 37.7 Å². The summed E-state index contributed by atoms with van der Waals surface area (Å²) in [5, 5.41) is 0. The van der Waals surface area contributed by atoms with E-state index in [1.807, 2.05) is 0 Å². The molecule has 1 saturated carbocycles. The highest BCUT2D eigenvalue weighted by atomic mass is 16.5. The lowest BCUT2D eigenvalue weighted by Gasteiger charge is -2.46. The SMILES string of the molecule is C[C@H]1CN(C2COC2)CCN1c1cc(-c2cnc(N)nc2)nc(N2CC3CC2C3)n1. The zero-order valence-corrected chi connectivity index (χ0v) is 17.3. The number of aromatic nitrogens is 4. The summed E-state index contributed by atoms with van der Waals surface area (Å²) in [5.74, 6) is 2.91. The predicted octanol–water partition coefficient (Wildman–Crippen LogP) is 1.02. The van der Waals surface area contributed by atoms with E-state index in [1.165, 1.54) is 12.8 Å². The van der Waals surface area contributed by atoms with Crippen molar-refractivity contribution in [2.75, 3.05) is 54.9 Å². The smallest absolute Gasteiger partial charge is 0.228 e. The van der Waals surface area contributed by atoms with Crippen LogP contribution in [0.15, 0.2) is 18.5 Å². The molecule has 2 bridgehead atoms. The van der Waals surface area contributed by atoms with Gasteiger partial charge in [-0.3, -0.25) is 4.90 Å². The van der Waals surface area contributed by atoms with Gasteiger partial charge in [-0.2, -0.15) is 4.98 Å². The highest BCUT2D eigenvalue weighted by Crippen LogP contribution is 2.43. The third kappa shape index (κ3) is 3.07. The molecule has 5 fully saturated rings. The molecule has 2 aromatic heterocycles. The molecule has 4 saturated heterocycles. The number of hydrogen-bond donors (Lipinski definition) is 1. The molecule has 4 aliphatic heterocycles. The van der Waals surface area contributed by atoms with Gasteiger partial charge < -0.3 is 20.3 Å². The predicted molar refractivity (Wildman–Crippen MR) is 114 cm³/mol. The quantitative estimate of drug-likeness (QED) is 0.795. The number of nitrogen functional groups attached to an aromatic ring is 1. The van der Waals surface area contributed by atoms with Gasteiger partial charge in [0, 0.05) is 62.3 Å². The van der Waals surface area contributed by atoms with E-state index >= 15 is 0 Å². The van der Waals surface area contributed by atoms with Crippen LogP contribution in [0.1, 0.15) is 19.8 Å². The minimum atomic E-state index is 0.276. The highest BCUT2D eigenvalue weighted by Gasteiger charge is 2.44. The minimum absolute atomic E-state index is 0.276. The van der Waals surface area contributed by atoms with Crippen molar-refractivity contribution in [3.63, 3.8) is 0 Å². The molecule has 9 nitrogen and oxygen atoms in total. The second-order valence-corrected chi connectivity index (χ2v) is 9.11. The Hall–Kier alpha value is -2.52. The van der Waals surface area contributed by atoms with Crippen molar-refractivity contribution in [2.45, 2.75) is 37.9 Å². The molecule has 30 heavy (non-hydrogen) atoms. The monoisotopic (exact) mass is 408 g/mol. The largest absolute Gasteiger partial charge is 0.378 e. The fraction of sp³-hybridized carbons (Fsp3) is 0.619. The van der Waals surface area contributed by atoms with Crippen molar-refractivity contribution >= 4 is 17.7 Å². The van der Waals surface area contributed by atoms with Crippen LogP contribution in [0.3, 0.4) is 0 Å². The zero-order chi connectivity index (χ0) is 20.2. The lowest BCUT2D eigenvalue weighted by molar-refractivity contribution is -0.0692. The van der Waals surface area contributed by atoms with Gasteiger partial charge >= 0.3 is 0 Å². The number of anilines is 3. The Labute approximate surface area is 176 Å². The Morgan fingerprint density at radius 2 is 1.80 bits per heavy atom. The van der Waals surface area contributed by atoms with Crippen molar-refractivity contribution in [3.05, 3.63) is 18.5 Å². The molecule has 0 amide bonds. The molecule has 0 spiro atoms. The van der Waals surface area contributed by atoms with E-state index < -0.39 is 0 Å². The molecule has 5 aliphatic rings. The van der Waals surface area contributed by atoms with Crippen molar-refractivity contribution < 1.29 is 4.74 Å². The molecule has 1 aliphatic carbocycles. The molecule has 9 heteroatoms. The van der Waals surface area contributed by atoms with Gasteiger partial charge in [0.15, 0.2) is 0 Å². The third-order valence-corrected chi connectivity index (χ3v) is 7.12. The van der Waals surface area contributed by atoms with Gasteiger partial charge in [-0.05, 0) is 25.7 Å². The highest BCUT2D eigenvalue weighted by molar-refractivity contribution is 5.65. The van der Waals surface area contributed by atoms with Crippen molar-refractivity contribution in [1.82, 2.24) is 24.8 Å². The maximum atomic E-state index is 5.69. The molecular weight excluding hydrogens is 380 g/mol. The summed E-state index contributed by atoms with van der Waals surface area (Å²) in [6.07, 6.45) is 6.04. The first kappa shape index (κ1) is 18.3. The van der Waals surface area contributed by atoms with Crippen LogP contribution in [0.4, 0.5) is 17.7 Å². The van der Waals surface area contributed by atoms with Crippen LogP contribution in [0, 0.1) is 5.92 Å². The van der Waals surface area contributed by atoms with E-state index in [1.54, 1.807) is 12.4 Å². The first-order valence-corrected chi connectivity index (χ1v) is 11.0. The van der Waals surface area contributed by atoms with Crippen LogP contribution >= 0.6 is 0 Å². The second kappa shape index (κ2) is 7.02. The van der Waals surface area contributed by atoms with E-state index in [9.17, 15) is 0 Å². The second-order valence-electron chi connectivity index (χ2n) is 9.11. The number of piperazine rings is 1. The average molecular weight is 409 g/mol. The van der Waals surface area contributed by atoms with Crippen LogP contribution in [-0.2, 0) is 4.74 Å². The molecule has 0 unspecified atom stereocenters. The summed E-state index contributed by atoms with van der Waals surface area (Å²) in [5.41, 5.74) is 7.43. The Bertz CT molecular complexity index is 927. The Kier molecular flexibility index (Phi) is 4.28. The Morgan fingerprint density at radius 1 is 1.00 bits per heavy atom. The van der Waals surface area contributed by atoms with Crippen molar-refractivity contribution in [1.29, 1.82) is 0 Å². The average Bonchev–Trinajstić information content (AvgIpc) is 3.28. The topological polar surface area (TPSA) is 96.5 Å². The van der Waals surface area contributed by atoms with Crippen LogP contribution in [0.5, 0.6) is 0 Å². The number of fused-ring (bicyclic) bond motifs is 1. The van der Waals surface area contributed by atoms with Gasteiger partial charge in [0.2, 0.25) is 11.9 Å². The fourth-order valence-corrected chi connectivity index (χ4v) is 5.18. The number of rotatable bonds is 4. The molecule has 0 aromatic carbocycles. The van der Waals surface area contributed by atoms with Crippen LogP contribution < -0.4 is 15.5 Å². The first-order valence-electron chi connectivity index (χ1n) is 11.0. The van der Waals surface area contributed by atoms with Gasteiger partial charge in [-0.25, -0.2) is 15.0 Å². The number of nitrogens with two attached hydrogens (primary N) is 1. The normalized spacial score (nSPS) is 29.0. The van der Waals surface area contributed by atoms with E-state index in [0.29, 0.717) is 18.1 Å². The molecule has 7 rings (SSSR count). The Balaban J connectivity index is 1.33. The summed E-state index contributed by atoms with van der Waals surface area (Å²) in [4.78, 5) is 25.7. The molecule has 0 radical (unpaired) electrons. The summed E-state index contributed by atoms with van der Waals surface area (Å²) in [7, 11) is 0. The van der Waals surface area contributed by atoms with Crippen LogP contribution in [-0.4, -0.2) is 82.4 Å². The molecule has 158 valence electrons. The maximum Gasteiger partial charge on any atom is 0.228 e. The van der Waals surface area contributed by atoms with Gasteiger partial charge in [0.05, 0.1) is 24.9 Å². The van der Waals surface area contributed by atoms with Crippen molar-refractivity contribution in [2.24, 2.45) is 5.92 Å². The lowest BCUT2D eigenvalue weighted by Crippen LogP contribution is -2.59. The van der Waals surface area contributed by atoms with E-state index in [0.717, 1.165) is 68.3 Å². The van der Waals surface area contributed by atoms with E-state index in [-0.39, 0.29) is 5.95 Å². The molecule has 1 atom stereocenters. The zero-order valence-electron chi connectivity index (χ0n) is 17.3. The van der Waals surface area contributed by atoms with Crippen LogP contribution in [0.25, 0.3) is 11.3 Å². The fourth-order valence-electron chi connectivity index (χ4n) is 5.18. The summed E-state index contributed by atoms with van der Waals surface area (Å²) < 4.78 is 5.39. The molecule has 2 aromatic rings. The number of nitrogens with zero attached hydrogens (tertiary/aromatic N) is 7. The summed E-state index contributed by atoms with van der Waals surface area (Å²) in [6, 6.07) is 3.63. The minimum Gasteiger partial charge on any atom is -0.378 e. The molecular formula is C21H28N8O. The third-order valence-electron chi connectivity index (χ3n) is 7.12. The molecule has 2 N–H and O–H groups in total. The summed E-state index contributed by atoms with van der Waals surface area (Å²) in [6.45, 7) is 8.10. The van der Waals surface area contributed by atoms with Gasteiger partial charge in [-0.1, -0.05) is 0 Å². The Morgan fingerprint density at radius 3 is 2.43 bits per heavy atom. The number of hydrogen-bond acceptors (Lipinski definition) is 9. The first-order chi connectivity index (χ1) is 14.6.